The summed E-state index contributed by atoms with van der Waals surface area (Å²) < 4.78 is 5.78. The lowest BCUT2D eigenvalue weighted by atomic mass is 9.77. The van der Waals surface area contributed by atoms with Crippen molar-refractivity contribution in [1.29, 1.82) is 0 Å². The number of rotatable bonds is 2. The van der Waals surface area contributed by atoms with E-state index in [0.29, 0.717) is 12.3 Å². The van der Waals surface area contributed by atoms with E-state index in [1.165, 1.54) is 0 Å². The second kappa shape index (κ2) is 4.40. The van der Waals surface area contributed by atoms with E-state index >= 15 is 0 Å². The number of hydrogen-bond acceptors (Lipinski definition) is 3. The predicted molar refractivity (Wildman–Crippen MR) is 59.3 cm³/mol. The Balaban J connectivity index is 2.90. The first-order valence-electron chi connectivity index (χ1n) is 5.91. The van der Waals surface area contributed by atoms with E-state index in [9.17, 15) is 10.2 Å². The number of aliphatic hydroxyl groups excluding tert-OH is 1. The third kappa shape index (κ3) is 2.19. The van der Waals surface area contributed by atoms with Crippen molar-refractivity contribution < 1.29 is 14.9 Å². The predicted octanol–water partition coefficient (Wildman–Crippen LogP) is 1.77. The summed E-state index contributed by atoms with van der Waals surface area (Å²) >= 11 is 0. The zero-order valence-electron chi connectivity index (χ0n) is 10.4. The Morgan fingerprint density at radius 2 is 1.87 bits per heavy atom. The van der Waals surface area contributed by atoms with Gasteiger partial charge in [0, 0.05) is 11.8 Å². The Hall–Kier alpha value is -0.120. The summed E-state index contributed by atoms with van der Waals surface area (Å²) in [5, 5.41) is 20.4. The fourth-order valence-electron chi connectivity index (χ4n) is 2.52. The van der Waals surface area contributed by atoms with Gasteiger partial charge in [0.05, 0.1) is 12.2 Å². The Morgan fingerprint density at radius 1 is 1.33 bits per heavy atom. The first kappa shape index (κ1) is 12.9. The molecule has 1 aliphatic heterocycles. The second-order valence-electron chi connectivity index (χ2n) is 5.16. The summed E-state index contributed by atoms with van der Waals surface area (Å²) in [4.78, 5) is 0. The summed E-state index contributed by atoms with van der Waals surface area (Å²) in [6.45, 7) is 9.83. The van der Waals surface area contributed by atoms with Gasteiger partial charge in [0.15, 0.2) is 5.79 Å². The first-order chi connectivity index (χ1) is 6.83. The van der Waals surface area contributed by atoms with Crippen molar-refractivity contribution in [2.75, 3.05) is 0 Å². The SMILES string of the molecule is CCC1(O)OC(C(C)C)C(C)C(O)C1C. The molecule has 2 N–H and O–H groups in total. The zero-order chi connectivity index (χ0) is 11.8. The first-order valence-corrected chi connectivity index (χ1v) is 5.91. The van der Waals surface area contributed by atoms with E-state index in [-0.39, 0.29) is 17.9 Å². The summed E-state index contributed by atoms with van der Waals surface area (Å²) in [7, 11) is 0. The highest BCUT2D eigenvalue weighted by atomic mass is 16.6. The van der Waals surface area contributed by atoms with Gasteiger partial charge in [0.25, 0.3) is 0 Å². The molecule has 0 bridgehead atoms. The van der Waals surface area contributed by atoms with Gasteiger partial charge < -0.3 is 14.9 Å². The lowest BCUT2D eigenvalue weighted by Gasteiger charge is -2.49. The van der Waals surface area contributed by atoms with Crippen LogP contribution in [-0.2, 0) is 4.74 Å². The third-order valence-corrected chi connectivity index (χ3v) is 3.78. The van der Waals surface area contributed by atoms with Crippen LogP contribution >= 0.6 is 0 Å². The smallest absolute Gasteiger partial charge is 0.170 e. The number of aliphatic hydroxyl groups is 2. The Bertz CT molecular complexity index is 217. The van der Waals surface area contributed by atoms with E-state index in [4.69, 9.17) is 4.74 Å². The van der Waals surface area contributed by atoms with Crippen LogP contribution in [0, 0.1) is 17.8 Å². The molecule has 5 atom stereocenters. The van der Waals surface area contributed by atoms with Gasteiger partial charge in [-0.15, -0.1) is 0 Å². The van der Waals surface area contributed by atoms with Gasteiger partial charge in [-0.05, 0) is 12.3 Å². The minimum Gasteiger partial charge on any atom is -0.392 e. The van der Waals surface area contributed by atoms with Crippen molar-refractivity contribution in [2.45, 2.75) is 59.0 Å². The fourth-order valence-corrected chi connectivity index (χ4v) is 2.52. The van der Waals surface area contributed by atoms with E-state index in [0.717, 1.165) is 0 Å². The molecule has 1 rings (SSSR count). The lowest BCUT2D eigenvalue weighted by molar-refractivity contribution is -0.324. The van der Waals surface area contributed by atoms with Gasteiger partial charge in [0.2, 0.25) is 0 Å². The molecule has 3 heteroatoms. The van der Waals surface area contributed by atoms with E-state index in [1.807, 2.05) is 20.8 Å². The topological polar surface area (TPSA) is 49.7 Å². The van der Waals surface area contributed by atoms with Crippen LogP contribution in [0.25, 0.3) is 0 Å². The van der Waals surface area contributed by atoms with Crippen molar-refractivity contribution in [3.63, 3.8) is 0 Å². The molecule has 1 saturated heterocycles. The van der Waals surface area contributed by atoms with Crippen LogP contribution < -0.4 is 0 Å². The molecule has 15 heavy (non-hydrogen) atoms. The highest BCUT2D eigenvalue weighted by Gasteiger charge is 2.49. The molecule has 0 saturated carbocycles. The van der Waals surface area contributed by atoms with Crippen molar-refractivity contribution in [1.82, 2.24) is 0 Å². The van der Waals surface area contributed by atoms with Gasteiger partial charge in [0.1, 0.15) is 0 Å². The average molecular weight is 216 g/mol. The minimum absolute atomic E-state index is 0.0684. The molecule has 5 unspecified atom stereocenters. The summed E-state index contributed by atoms with van der Waals surface area (Å²) in [5.41, 5.74) is 0. The highest BCUT2D eigenvalue weighted by molar-refractivity contribution is 4.92. The van der Waals surface area contributed by atoms with E-state index in [1.54, 1.807) is 0 Å². The number of hydrogen-bond donors (Lipinski definition) is 2. The molecule has 3 nitrogen and oxygen atoms in total. The van der Waals surface area contributed by atoms with Crippen molar-refractivity contribution in [2.24, 2.45) is 17.8 Å². The van der Waals surface area contributed by atoms with Crippen molar-refractivity contribution >= 4 is 0 Å². The largest absolute Gasteiger partial charge is 0.392 e. The quantitative estimate of drug-likeness (QED) is 0.739. The van der Waals surface area contributed by atoms with Crippen molar-refractivity contribution in [3.05, 3.63) is 0 Å². The van der Waals surface area contributed by atoms with Crippen LogP contribution in [0.1, 0.15) is 41.0 Å². The Kier molecular flexibility index (Phi) is 3.80. The lowest BCUT2D eigenvalue weighted by Crippen LogP contribution is -2.58. The molecule has 0 amide bonds. The van der Waals surface area contributed by atoms with Crippen LogP contribution in [0.2, 0.25) is 0 Å². The average Bonchev–Trinajstić information content (AvgIpc) is 2.20. The van der Waals surface area contributed by atoms with E-state index < -0.39 is 11.9 Å². The molecule has 1 aliphatic rings. The second-order valence-corrected chi connectivity index (χ2v) is 5.16. The molecule has 0 aromatic carbocycles. The van der Waals surface area contributed by atoms with Gasteiger partial charge in [-0.2, -0.15) is 0 Å². The Labute approximate surface area is 92.4 Å². The molecule has 90 valence electrons. The van der Waals surface area contributed by atoms with Gasteiger partial charge in [-0.25, -0.2) is 0 Å². The molecule has 0 aliphatic carbocycles. The highest BCUT2D eigenvalue weighted by Crippen LogP contribution is 2.40. The monoisotopic (exact) mass is 216 g/mol. The molecule has 0 aromatic heterocycles. The van der Waals surface area contributed by atoms with E-state index in [2.05, 4.69) is 13.8 Å². The van der Waals surface area contributed by atoms with Crippen LogP contribution in [0.3, 0.4) is 0 Å². The maximum absolute atomic E-state index is 10.3. The molecular formula is C12H24O3. The van der Waals surface area contributed by atoms with Crippen LogP contribution in [0.4, 0.5) is 0 Å². The van der Waals surface area contributed by atoms with Gasteiger partial charge in [-0.1, -0.05) is 34.6 Å². The summed E-state index contributed by atoms with van der Waals surface area (Å²) in [6.07, 6.45) is -0.0431. The molecule has 1 fully saturated rings. The minimum atomic E-state index is -1.17. The van der Waals surface area contributed by atoms with Gasteiger partial charge in [-0.3, -0.25) is 0 Å². The molecular weight excluding hydrogens is 192 g/mol. The van der Waals surface area contributed by atoms with Gasteiger partial charge >= 0.3 is 0 Å². The Morgan fingerprint density at radius 3 is 2.27 bits per heavy atom. The normalized spacial score (nSPS) is 47.2. The van der Waals surface area contributed by atoms with Crippen LogP contribution in [0.15, 0.2) is 0 Å². The maximum Gasteiger partial charge on any atom is 0.170 e. The summed E-state index contributed by atoms with van der Waals surface area (Å²) in [5.74, 6) is -1.01. The van der Waals surface area contributed by atoms with Crippen LogP contribution in [-0.4, -0.2) is 28.2 Å². The zero-order valence-corrected chi connectivity index (χ0v) is 10.4. The summed E-state index contributed by atoms with van der Waals surface area (Å²) in [6, 6.07) is 0. The maximum atomic E-state index is 10.3. The van der Waals surface area contributed by atoms with Crippen molar-refractivity contribution in [3.8, 4) is 0 Å². The number of ether oxygens (including phenoxy) is 1. The molecule has 0 radical (unpaired) electrons. The van der Waals surface area contributed by atoms with Crippen LogP contribution in [0.5, 0.6) is 0 Å². The molecule has 1 heterocycles. The molecule has 0 spiro atoms. The molecule has 0 aromatic rings. The third-order valence-electron chi connectivity index (χ3n) is 3.78. The fraction of sp³-hybridized carbons (Fsp3) is 1.00. The standard InChI is InChI=1S/C12H24O3/c1-6-12(14)9(5)10(13)8(4)11(15-12)7(2)3/h7-11,13-14H,6H2,1-5H3.